The fraction of sp³-hybridized carbons (Fsp3) is 0.167. The fourth-order valence-electron chi connectivity index (χ4n) is 1.97. The van der Waals surface area contributed by atoms with Gasteiger partial charge in [-0.2, -0.15) is 0 Å². The molecule has 23 heavy (non-hydrogen) atoms. The summed E-state index contributed by atoms with van der Waals surface area (Å²) in [6.45, 7) is 1.08. The largest absolute Gasteiger partial charge is 0.383 e. The van der Waals surface area contributed by atoms with Gasteiger partial charge in [0.05, 0.1) is 6.54 Å². The molecule has 0 aliphatic rings. The predicted octanol–water partition coefficient (Wildman–Crippen LogP) is 2.34. The van der Waals surface area contributed by atoms with Crippen LogP contribution >= 0.6 is 0 Å². The minimum absolute atomic E-state index is 0.102. The van der Waals surface area contributed by atoms with Gasteiger partial charge in [0.15, 0.2) is 0 Å². The molecule has 0 heterocycles. The van der Waals surface area contributed by atoms with Gasteiger partial charge in [-0.25, -0.2) is 8.78 Å². The lowest BCUT2D eigenvalue weighted by atomic mass is 9.95. The number of amides is 1. The SMILES string of the molecule is CC(O)(CNC(=O)C#Cc1ccccc1)c1ccc(F)cc1F. The first kappa shape index (κ1) is 16.7. The van der Waals surface area contributed by atoms with Crippen molar-refractivity contribution < 1.29 is 18.7 Å². The molecule has 5 heteroatoms. The number of carbonyl (C=O) groups is 1. The van der Waals surface area contributed by atoms with Crippen LogP contribution in [0.3, 0.4) is 0 Å². The van der Waals surface area contributed by atoms with Gasteiger partial charge in [0, 0.05) is 23.1 Å². The lowest BCUT2D eigenvalue weighted by Gasteiger charge is -2.24. The maximum Gasteiger partial charge on any atom is 0.296 e. The highest BCUT2D eigenvalue weighted by atomic mass is 19.1. The van der Waals surface area contributed by atoms with E-state index in [0.717, 1.165) is 12.1 Å². The Kier molecular flexibility index (Phi) is 5.09. The van der Waals surface area contributed by atoms with E-state index in [2.05, 4.69) is 17.2 Å². The van der Waals surface area contributed by atoms with E-state index in [1.165, 1.54) is 6.92 Å². The first-order valence-corrected chi connectivity index (χ1v) is 6.91. The molecule has 3 nitrogen and oxygen atoms in total. The Labute approximate surface area is 133 Å². The van der Waals surface area contributed by atoms with Crippen LogP contribution in [0, 0.1) is 23.5 Å². The van der Waals surface area contributed by atoms with Crippen LogP contribution in [0.1, 0.15) is 18.1 Å². The van der Waals surface area contributed by atoms with E-state index in [9.17, 15) is 18.7 Å². The van der Waals surface area contributed by atoms with E-state index in [-0.39, 0.29) is 12.1 Å². The Bertz CT molecular complexity index is 762. The Morgan fingerprint density at radius 3 is 2.57 bits per heavy atom. The first-order valence-electron chi connectivity index (χ1n) is 6.91. The van der Waals surface area contributed by atoms with Gasteiger partial charge in [-0.15, -0.1) is 0 Å². The van der Waals surface area contributed by atoms with Crippen molar-refractivity contribution >= 4 is 5.91 Å². The molecule has 2 N–H and O–H groups in total. The number of aliphatic hydroxyl groups is 1. The van der Waals surface area contributed by atoms with Gasteiger partial charge in [0.2, 0.25) is 0 Å². The fourth-order valence-corrected chi connectivity index (χ4v) is 1.97. The summed E-state index contributed by atoms with van der Waals surface area (Å²) in [6, 6.07) is 11.8. The van der Waals surface area contributed by atoms with Gasteiger partial charge in [-0.3, -0.25) is 4.79 Å². The zero-order valence-corrected chi connectivity index (χ0v) is 12.4. The van der Waals surface area contributed by atoms with E-state index in [1.54, 1.807) is 24.3 Å². The van der Waals surface area contributed by atoms with Gasteiger partial charge in [-0.05, 0) is 25.1 Å². The third-order valence-electron chi connectivity index (χ3n) is 3.20. The average molecular weight is 315 g/mol. The predicted molar refractivity (Wildman–Crippen MR) is 82.3 cm³/mol. The number of halogens is 2. The topological polar surface area (TPSA) is 49.3 Å². The van der Waals surface area contributed by atoms with Crippen molar-refractivity contribution in [2.45, 2.75) is 12.5 Å². The zero-order chi connectivity index (χ0) is 16.9. The Morgan fingerprint density at radius 2 is 1.91 bits per heavy atom. The summed E-state index contributed by atoms with van der Waals surface area (Å²) in [5, 5.41) is 12.7. The van der Waals surface area contributed by atoms with Crippen LogP contribution in [0.5, 0.6) is 0 Å². The highest BCUT2D eigenvalue weighted by Gasteiger charge is 2.27. The lowest BCUT2D eigenvalue weighted by Crippen LogP contribution is -2.38. The molecule has 0 fully saturated rings. The zero-order valence-electron chi connectivity index (χ0n) is 12.4. The van der Waals surface area contributed by atoms with E-state index in [4.69, 9.17) is 0 Å². The maximum atomic E-state index is 13.7. The van der Waals surface area contributed by atoms with E-state index >= 15 is 0 Å². The van der Waals surface area contributed by atoms with Gasteiger partial charge < -0.3 is 10.4 Å². The third-order valence-corrected chi connectivity index (χ3v) is 3.20. The van der Waals surface area contributed by atoms with Gasteiger partial charge >= 0.3 is 0 Å². The second-order valence-electron chi connectivity index (χ2n) is 5.20. The molecule has 2 rings (SSSR count). The monoisotopic (exact) mass is 315 g/mol. The molecule has 0 aliphatic heterocycles. The number of hydrogen-bond donors (Lipinski definition) is 2. The van der Waals surface area contributed by atoms with Crippen LogP contribution in [-0.2, 0) is 10.4 Å². The number of hydrogen-bond acceptors (Lipinski definition) is 2. The lowest BCUT2D eigenvalue weighted by molar-refractivity contribution is -0.116. The van der Waals surface area contributed by atoms with Crippen molar-refractivity contribution in [3.8, 4) is 11.8 Å². The molecule has 2 aromatic carbocycles. The van der Waals surface area contributed by atoms with Crippen molar-refractivity contribution in [3.05, 3.63) is 71.3 Å². The van der Waals surface area contributed by atoms with Crippen LogP contribution in [0.25, 0.3) is 0 Å². The van der Waals surface area contributed by atoms with Crippen molar-refractivity contribution in [1.29, 1.82) is 0 Å². The molecule has 2 aromatic rings. The smallest absolute Gasteiger partial charge is 0.296 e. The number of benzene rings is 2. The van der Waals surface area contributed by atoms with Gasteiger partial charge in [0.1, 0.15) is 17.2 Å². The summed E-state index contributed by atoms with van der Waals surface area (Å²) >= 11 is 0. The number of nitrogens with one attached hydrogen (secondary N) is 1. The number of carbonyl (C=O) groups excluding carboxylic acids is 1. The van der Waals surface area contributed by atoms with Crippen LogP contribution in [0.4, 0.5) is 8.78 Å². The summed E-state index contributed by atoms with van der Waals surface area (Å²) in [6.07, 6.45) is 0. The quantitative estimate of drug-likeness (QED) is 0.854. The van der Waals surface area contributed by atoms with Crippen LogP contribution in [0.2, 0.25) is 0 Å². The molecule has 0 aromatic heterocycles. The molecule has 1 unspecified atom stereocenters. The molecule has 0 spiro atoms. The van der Waals surface area contributed by atoms with Crippen LogP contribution in [-0.4, -0.2) is 17.6 Å². The van der Waals surface area contributed by atoms with E-state index < -0.39 is 23.1 Å². The molecule has 118 valence electrons. The molecular weight excluding hydrogens is 300 g/mol. The summed E-state index contributed by atoms with van der Waals surface area (Å²) in [5.41, 5.74) is -1.10. The summed E-state index contributed by atoms with van der Waals surface area (Å²) in [5.74, 6) is 2.84. The average Bonchev–Trinajstić information content (AvgIpc) is 2.51. The molecule has 0 saturated heterocycles. The minimum Gasteiger partial charge on any atom is -0.383 e. The van der Waals surface area contributed by atoms with Gasteiger partial charge in [-0.1, -0.05) is 30.2 Å². The normalized spacial score (nSPS) is 12.7. The molecule has 0 radical (unpaired) electrons. The molecule has 0 aliphatic carbocycles. The highest BCUT2D eigenvalue weighted by Crippen LogP contribution is 2.23. The van der Waals surface area contributed by atoms with Crippen molar-refractivity contribution in [2.75, 3.05) is 6.54 Å². The van der Waals surface area contributed by atoms with Gasteiger partial charge in [0.25, 0.3) is 5.91 Å². The number of rotatable bonds is 3. The minimum atomic E-state index is -1.68. The standard InChI is InChI=1S/C18H15F2NO2/c1-18(23,15-9-8-14(19)11-16(15)20)12-21-17(22)10-7-13-5-3-2-4-6-13/h2-6,8-9,11,23H,12H2,1H3,(H,21,22). The first-order chi connectivity index (χ1) is 10.9. The van der Waals surface area contributed by atoms with Crippen LogP contribution < -0.4 is 5.32 Å². The van der Waals surface area contributed by atoms with E-state index in [0.29, 0.717) is 11.6 Å². The Morgan fingerprint density at radius 1 is 1.22 bits per heavy atom. The summed E-state index contributed by atoms with van der Waals surface area (Å²) in [7, 11) is 0. The summed E-state index contributed by atoms with van der Waals surface area (Å²) < 4.78 is 26.6. The summed E-state index contributed by atoms with van der Waals surface area (Å²) in [4.78, 5) is 11.7. The van der Waals surface area contributed by atoms with Crippen molar-refractivity contribution in [1.82, 2.24) is 5.32 Å². The van der Waals surface area contributed by atoms with Crippen molar-refractivity contribution in [3.63, 3.8) is 0 Å². The molecule has 1 atom stereocenters. The molecular formula is C18H15F2NO2. The highest BCUT2D eigenvalue weighted by molar-refractivity contribution is 5.94. The van der Waals surface area contributed by atoms with Crippen LogP contribution in [0.15, 0.2) is 48.5 Å². The van der Waals surface area contributed by atoms with Crippen molar-refractivity contribution in [2.24, 2.45) is 0 Å². The second kappa shape index (κ2) is 7.03. The molecule has 1 amide bonds. The molecule has 0 bridgehead atoms. The third kappa shape index (κ3) is 4.63. The Hall–Kier alpha value is -2.71. The Balaban J connectivity index is 2.01. The maximum absolute atomic E-state index is 13.7. The molecule has 0 saturated carbocycles. The second-order valence-corrected chi connectivity index (χ2v) is 5.20. The van der Waals surface area contributed by atoms with E-state index in [1.807, 2.05) is 6.07 Å².